The van der Waals surface area contributed by atoms with Crippen molar-refractivity contribution in [2.24, 2.45) is 0 Å². The molecular weight excluding hydrogens is 378 g/mol. The van der Waals surface area contributed by atoms with Gasteiger partial charge in [0, 0.05) is 16.6 Å². The van der Waals surface area contributed by atoms with Crippen LogP contribution in [0, 0.1) is 10.1 Å². The lowest BCUT2D eigenvalue weighted by molar-refractivity contribution is -0.385. The molecule has 7 heteroatoms. The summed E-state index contributed by atoms with van der Waals surface area (Å²) >= 11 is 3.32. The molecule has 0 aliphatic heterocycles. The third-order valence-corrected chi connectivity index (χ3v) is 3.83. The van der Waals surface area contributed by atoms with Crippen molar-refractivity contribution in [1.29, 1.82) is 0 Å². The summed E-state index contributed by atoms with van der Waals surface area (Å²) in [5.74, 6) is 0.00239. The van der Waals surface area contributed by atoms with Crippen LogP contribution in [0.4, 0.5) is 5.69 Å². The molecule has 2 aromatic rings. The van der Waals surface area contributed by atoms with E-state index in [1.807, 2.05) is 0 Å². The molecule has 0 aromatic heterocycles. The lowest BCUT2D eigenvalue weighted by Gasteiger charge is -2.18. The van der Waals surface area contributed by atoms with E-state index in [1.54, 1.807) is 50.2 Å². The second-order valence-electron chi connectivity index (χ2n) is 5.15. The van der Waals surface area contributed by atoms with Gasteiger partial charge in [-0.15, -0.1) is 0 Å². The lowest BCUT2D eigenvalue weighted by Crippen LogP contribution is -2.27. The van der Waals surface area contributed by atoms with E-state index in [0.717, 1.165) is 4.47 Å². The first kappa shape index (κ1) is 17.9. The highest BCUT2D eigenvalue weighted by Crippen LogP contribution is 2.23. The fourth-order valence-corrected chi connectivity index (χ4v) is 2.26. The van der Waals surface area contributed by atoms with Crippen molar-refractivity contribution >= 4 is 27.6 Å². The van der Waals surface area contributed by atoms with E-state index in [-0.39, 0.29) is 5.69 Å². The maximum Gasteiger partial charge on any atom is 0.347 e. The molecule has 0 N–H and O–H groups in total. The Kier molecular flexibility index (Phi) is 5.92. The summed E-state index contributed by atoms with van der Waals surface area (Å²) < 4.78 is 11.8. The standard InChI is InChI=1S/C17H16BrNO5/c1-11(13-4-3-5-15(10-13)19(21)22)24-17(20)12(2)23-16-8-6-14(18)7-9-16/h3-12H,1-2H3/t11-,12+/m1/s1. The van der Waals surface area contributed by atoms with Crippen molar-refractivity contribution in [2.45, 2.75) is 26.1 Å². The smallest absolute Gasteiger partial charge is 0.347 e. The molecule has 2 rings (SSSR count). The van der Waals surface area contributed by atoms with Crippen LogP contribution < -0.4 is 4.74 Å². The predicted molar refractivity (Wildman–Crippen MR) is 91.8 cm³/mol. The largest absolute Gasteiger partial charge is 0.479 e. The fraction of sp³-hybridized carbons (Fsp3) is 0.235. The number of non-ortho nitro benzene ring substituents is 1. The molecule has 0 fully saturated rings. The van der Waals surface area contributed by atoms with Crippen LogP contribution in [0.15, 0.2) is 53.0 Å². The molecule has 0 saturated heterocycles. The van der Waals surface area contributed by atoms with Crippen molar-refractivity contribution in [3.05, 3.63) is 68.7 Å². The number of carbonyl (C=O) groups is 1. The molecule has 24 heavy (non-hydrogen) atoms. The molecular formula is C17H16BrNO5. The number of nitro groups is 1. The Hall–Kier alpha value is -2.41. The van der Waals surface area contributed by atoms with Gasteiger partial charge >= 0.3 is 5.97 Å². The second-order valence-corrected chi connectivity index (χ2v) is 6.06. The van der Waals surface area contributed by atoms with Crippen LogP contribution in [-0.2, 0) is 9.53 Å². The maximum absolute atomic E-state index is 12.1. The Morgan fingerprint density at radius 2 is 1.83 bits per heavy atom. The average molecular weight is 394 g/mol. The zero-order chi connectivity index (χ0) is 17.7. The Balaban J connectivity index is 1.98. The van der Waals surface area contributed by atoms with Crippen LogP contribution in [-0.4, -0.2) is 17.0 Å². The number of rotatable bonds is 6. The fourth-order valence-electron chi connectivity index (χ4n) is 1.99. The molecule has 2 atom stereocenters. The molecule has 0 spiro atoms. The Morgan fingerprint density at radius 3 is 2.46 bits per heavy atom. The highest BCUT2D eigenvalue weighted by Gasteiger charge is 2.21. The quantitative estimate of drug-likeness (QED) is 0.412. The minimum Gasteiger partial charge on any atom is -0.479 e. The van der Waals surface area contributed by atoms with Gasteiger partial charge in [-0.05, 0) is 43.7 Å². The number of nitro benzene ring substituents is 1. The van der Waals surface area contributed by atoms with Crippen LogP contribution in [0.3, 0.4) is 0 Å². The number of hydrogen-bond donors (Lipinski definition) is 0. The first-order valence-electron chi connectivity index (χ1n) is 7.24. The Labute approximate surface area is 147 Å². The molecule has 126 valence electrons. The number of benzene rings is 2. The molecule has 0 unspecified atom stereocenters. The van der Waals surface area contributed by atoms with Gasteiger partial charge in [0.15, 0.2) is 6.10 Å². The molecule has 0 saturated carbocycles. The van der Waals surface area contributed by atoms with Crippen molar-refractivity contribution < 1.29 is 19.2 Å². The molecule has 0 aliphatic rings. The van der Waals surface area contributed by atoms with Gasteiger partial charge in [-0.2, -0.15) is 0 Å². The van der Waals surface area contributed by atoms with Crippen molar-refractivity contribution in [3.8, 4) is 5.75 Å². The monoisotopic (exact) mass is 393 g/mol. The number of halogens is 1. The van der Waals surface area contributed by atoms with Crippen molar-refractivity contribution in [2.75, 3.05) is 0 Å². The van der Waals surface area contributed by atoms with Crippen LogP contribution in [0.5, 0.6) is 5.75 Å². The average Bonchev–Trinajstić information content (AvgIpc) is 2.56. The van der Waals surface area contributed by atoms with E-state index in [1.165, 1.54) is 12.1 Å². The normalized spacial score (nSPS) is 13.0. The van der Waals surface area contributed by atoms with E-state index < -0.39 is 23.1 Å². The van der Waals surface area contributed by atoms with Gasteiger partial charge in [0.1, 0.15) is 11.9 Å². The second kappa shape index (κ2) is 7.92. The van der Waals surface area contributed by atoms with Crippen LogP contribution in [0.2, 0.25) is 0 Å². The van der Waals surface area contributed by atoms with E-state index in [0.29, 0.717) is 11.3 Å². The molecule has 2 aromatic carbocycles. The van der Waals surface area contributed by atoms with Gasteiger partial charge in [0.25, 0.3) is 5.69 Å². The summed E-state index contributed by atoms with van der Waals surface area (Å²) in [4.78, 5) is 22.4. The third-order valence-electron chi connectivity index (χ3n) is 3.30. The molecule has 0 heterocycles. The summed E-state index contributed by atoms with van der Waals surface area (Å²) in [6, 6.07) is 13.1. The Morgan fingerprint density at radius 1 is 1.17 bits per heavy atom. The molecule has 6 nitrogen and oxygen atoms in total. The zero-order valence-electron chi connectivity index (χ0n) is 13.1. The Bertz CT molecular complexity index is 732. The topological polar surface area (TPSA) is 78.7 Å². The summed E-state index contributed by atoms with van der Waals surface area (Å²) in [7, 11) is 0. The van der Waals surface area contributed by atoms with Crippen LogP contribution >= 0.6 is 15.9 Å². The van der Waals surface area contributed by atoms with Gasteiger partial charge in [-0.3, -0.25) is 10.1 Å². The molecule has 0 bridgehead atoms. The van der Waals surface area contributed by atoms with Gasteiger partial charge in [-0.1, -0.05) is 28.1 Å². The SMILES string of the molecule is C[C@H](Oc1ccc(Br)cc1)C(=O)O[C@H](C)c1cccc([N+](=O)[O-])c1. The lowest BCUT2D eigenvalue weighted by atomic mass is 10.1. The summed E-state index contributed by atoms with van der Waals surface area (Å²) in [6.07, 6.45) is -1.42. The third kappa shape index (κ3) is 4.79. The highest BCUT2D eigenvalue weighted by molar-refractivity contribution is 9.10. The van der Waals surface area contributed by atoms with E-state index in [9.17, 15) is 14.9 Å². The van der Waals surface area contributed by atoms with Gasteiger partial charge in [0.2, 0.25) is 0 Å². The zero-order valence-corrected chi connectivity index (χ0v) is 14.7. The minimum absolute atomic E-state index is 0.0467. The van der Waals surface area contributed by atoms with Crippen LogP contribution in [0.1, 0.15) is 25.5 Å². The summed E-state index contributed by atoms with van der Waals surface area (Å²) in [5.41, 5.74) is 0.503. The summed E-state index contributed by atoms with van der Waals surface area (Å²) in [5, 5.41) is 10.8. The first-order valence-corrected chi connectivity index (χ1v) is 8.03. The van der Waals surface area contributed by atoms with Gasteiger partial charge in [-0.25, -0.2) is 4.79 Å². The number of esters is 1. The van der Waals surface area contributed by atoms with Gasteiger partial charge < -0.3 is 9.47 Å². The van der Waals surface area contributed by atoms with Crippen molar-refractivity contribution in [3.63, 3.8) is 0 Å². The van der Waals surface area contributed by atoms with E-state index in [4.69, 9.17) is 9.47 Å². The number of hydrogen-bond acceptors (Lipinski definition) is 5. The number of nitrogens with zero attached hydrogens (tertiary/aromatic N) is 1. The predicted octanol–water partition coefficient (Wildman–Crippen LogP) is 4.43. The van der Waals surface area contributed by atoms with Crippen LogP contribution in [0.25, 0.3) is 0 Å². The maximum atomic E-state index is 12.1. The minimum atomic E-state index is -0.799. The van der Waals surface area contributed by atoms with E-state index in [2.05, 4.69) is 15.9 Å². The van der Waals surface area contributed by atoms with Gasteiger partial charge in [0.05, 0.1) is 4.92 Å². The highest BCUT2D eigenvalue weighted by atomic mass is 79.9. The molecule has 0 amide bonds. The van der Waals surface area contributed by atoms with Crippen molar-refractivity contribution in [1.82, 2.24) is 0 Å². The molecule has 0 radical (unpaired) electrons. The number of carbonyl (C=O) groups excluding carboxylic acids is 1. The summed E-state index contributed by atoms with van der Waals surface area (Å²) in [6.45, 7) is 3.24. The number of ether oxygens (including phenoxy) is 2. The van der Waals surface area contributed by atoms with E-state index >= 15 is 0 Å². The first-order chi connectivity index (χ1) is 11.4. The molecule has 0 aliphatic carbocycles.